The summed E-state index contributed by atoms with van der Waals surface area (Å²) in [5.41, 5.74) is 0. The largest absolute Gasteiger partial charge is 0.306 e. The Hall–Kier alpha value is -0.940. The van der Waals surface area contributed by atoms with Gasteiger partial charge in [-0.1, -0.05) is 0 Å². The van der Waals surface area contributed by atoms with Crippen LogP contribution in [0.5, 0.6) is 0 Å². The van der Waals surface area contributed by atoms with Gasteiger partial charge >= 0.3 is 0 Å². The second kappa shape index (κ2) is 4.63. The van der Waals surface area contributed by atoms with E-state index < -0.39 is 0 Å². The summed E-state index contributed by atoms with van der Waals surface area (Å²) in [6.45, 7) is 4.11. The number of hydrogen-bond donors (Lipinski definition) is 0. The molecule has 5 nitrogen and oxygen atoms in total. The Labute approximate surface area is 108 Å². The standard InChI is InChI=1S/C13H21N3O2/c1-14-6-4-10(5-7-14)15-8-11(9-15)16-12(17)2-3-13(16)18/h10-11H,2-9H2,1H3. The van der Waals surface area contributed by atoms with Crippen molar-refractivity contribution in [1.29, 1.82) is 0 Å². The Morgan fingerprint density at radius 2 is 1.50 bits per heavy atom. The molecule has 3 aliphatic heterocycles. The van der Waals surface area contributed by atoms with Crippen LogP contribution in [0, 0.1) is 0 Å². The van der Waals surface area contributed by atoms with Gasteiger partial charge in [-0.15, -0.1) is 0 Å². The minimum atomic E-state index is 0.0352. The fraction of sp³-hybridized carbons (Fsp3) is 0.846. The number of imide groups is 1. The average Bonchev–Trinajstić information content (AvgIpc) is 2.61. The molecule has 2 amide bonds. The summed E-state index contributed by atoms with van der Waals surface area (Å²) in [5.74, 6) is 0.0704. The summed E-state index contributed by atoms with van der Waals surface area (Å²) < 4.78 is 0. The van der Waals surface area contributed by atoms with E-state index >= 15 is 0 Å². The lowest BCUT2D eigenvalue weighted by Crippen LogP contribution is -2.64. The molecular formula is C13H21N3O2. The highest BCUT2D eigenvalue weighted by molar-refractivity contribution is 6.02. The van der Waals surface area contributed by atoms with Crippen molar-refractivity contribution in [3.8, 4) is 0 Å². The van der Waals surface area contributed by atoms with Gasteiger partial charge < -0.3 is 4.90 Å². The molecule has 3 fully saturated rings. The maximum Gasteiger partial charge on any atom is 0.230 e. The first-order valence-corrected chi connectivity index (χ1v) is 6.92. The Kier molecular flexibility index (Phi) is 3.11. The van der Waals surface area contributed by atoms with Gasteiger partial charge in [-0.25, -0.2) is 0 Å². The van der Waals surface area contributed by atoms with Crippen molar-refractivity contribution in [2.24, 2.45) is 0 Å². The molecule has 0 unspecified atom stereocenters. The molecule has 3 rings (SSSR count). The Balaban J connectivity index is 1.51. The predicted molar refractivity (Wildman–Crippen MR) is 67.0 cm³/mol. The van der Waals surface area contributed by atoms with Crippen LogP contribution in [0.3, 0.4) is 0 Å². The van der Waals surface area contributed by atoms with E-state index in [1.165, 1.54) is 17.7 Å². The zero-order valence-electron chi connectivity index (χ0n) is 11.0. The average molecular weight is 251 g/mol. The molecule has 5 heteroatoms. The van der Waals surface area contributed by atoms with Crippen LogP contribution in [0.2, 0.25) is 0 Å². The smallest absolute Gasteiger partial charge is 0.230 e. The van der Waals surface area contributed by atoms with Gasteiger partial charge in [-0.3, -0.25) is 19.4 Å². The number of carbonyl (C=O) groups is 2. The van der Waals surface area contributed by atoms with Gasteiger partial charge in [-0.2, -0.15) is 0 Å². The van der Waals surface area contributed by atoms with Crippen LogP contribution in [-0.2, 0) is 9.59 Å². The van der Waals surface area contributed by atoms with E-state index in [2.05, 4.69) is 16.8 Å². The maximum atomic E-state index is 11.6. The normalized spacial score (nSPS) is 29.1. The van der Waals surface area contributed by atoms with Crippen molar-refractivity contribution in [2.45, 2.75) is 37.8 Å². The van der Waals surface area contributed by atoms with Gasteiger partial charge in [0.25, 0.3) is 0 Å². The van der Waals surface area contributed by atoms with E-state index in [1.54, 1.807) is 0 Å². The number of carbonyl (C=O) groups excluding carboxylic acids is 2. The molecule has 0 spiro atoms. The topological polar surface area (TPSA) is 43.9 Å². The number of amides is 2. The first-order chi connectivity index (χ1) is 8.65. The van der Waals surface area contributed by atoms with Crippen LogP contribution in [0.25, 0.3) is 0 Å². The van der Waals surface area contributed by atoms with E-state index in [9.17, 15) is 9.59 Å². The third-order valence-electron chi connectivity index (χ3n) is 4.55. The number of piperidine rings is 1. The van der Waals surface area contributed by atoms with Crippen molar-refractivity contribution in [1.82, 2.24) is 14.7 Å². The molecule has 0 aromatic rings. The summed E-state index contributed by atoms with van der Waals surface area (Å²) >= 11 is 0. The molecule has 3 aliphatic rings. The summed E-state index contributed by atoms with van der Waals surface area (Å²) in [4.78, 5) is 29.6. The highest BCUT2D eigenvalue weighted by Gasteiger charge is 2.43. The molecule has 0 bridgehead atoms. The third kappa shape index (κ3) is 2.06. The number of likely N-dealkylation sites (tertiary alicyclic amines) is 3. The molecule has 0 N–H and O–H groups in total. The summed E-state index contributed by atoms with van der Waals surface area (Å²) in [6.07, 6.45) is 3.27. The first kappa shape index (κ1) is 12.1. The molecule has 0 aromatic heterocycles. The van der Waals surface area contributed by atoms with Gasteiger partial charge in [0.15, 0.2) is 0 Å². The van der Waals surface area contributed by atoms with Crippen molar-refractivity contribution >= 4 is 11.8 Å². The second-order valence-electron chi connectivity index (χ2n) is 5.80. The molecule has 3 saturated heterocycles. The predicted octanol–water partition coefficient (Wildman–Crippen LogP) is -0.0862. The Morgan fingerprint density at radius 3 is 2.06 bits per heavy atom. The van der Waals surface area contributed by atoms with Gasteiger partial charge in [-0.05, 0) is 33.0 Å². The molecular weight excluding hydrogens is 230 g/mol. The van der Waals surface area contributed by atoms with E-state index in [0.717, 1.165) is 26.2 Å². The minimum absolute atomic E-state index is 0.0352. The molecule has 0 aliphatic carbocycles. The molecule has 3 heterocycles. The highest BCUT2D eigenvalue weighted by atomic mass is 16.2. The fourth-order valence-electron chi connectivity index (χ4n) is 3.31. The molecule has 0 saturated carbocycles. The van der Waals surface area contributed by atoms with Crippen molar-refractivity contribution in [3.05, 3.63) is 0 Å². The molecule has 0 radical (unpaired) electrons. The van der Waals surface area contributed by atoms with Crippen molar-refractivity contribution in [3.63, 3.8) is 0 Å². The third-order valence-corrected chi connectivity index (χ3v) is 4.55. The molecule has 18 heavy (non-hydrogen) atoms. The highest BCUT2D eigenvalue weighted by Crippen LogP contribution is 2.27. The number of nitrogens with zero attached hydrogens (tertiary/aromatic N) is 3. The SMILES string of the molecule is CN1CCC(N2CC(N3C(=O)CCC3=O)C2)CC1. The van der Waals surface area contributed by atoms with E-state index in [-0.39, 0.29) is 17.9 Å². The Morgan fingerprint density at radius 1 is 0.944 bits per heavy atom. The van der Waals surface area contributed by atoms with Gasteiger partial charge in [0.05, 0.1) is 6.04 Å². The van der Waals surface area contributed by atoms with Crippen LogP contribution in [0.15, 0.2) is 0 Å². The summed E-state index contributed by atoms with van der Waals surface area (Å²) in [5, 5.41) is 0. The first-order valence-electron chi connectivity index (χ1n) is 6.92. The van der Waals surface area contributed by atoms with Crippen molar-refractivity contribution in [2.75, 3.05) is 33.2 Å². The molecule has 0 aromatic carbocycles. The van der Waals surface area contributed by atoms with Crippen LogP contribution >= 0.6 is 0 Å². The lowest BCUT2D eigenvalue weighted by molar-refractivity contribution is -0.146. The van der Waals surface area contributed by atoms with Gasteiger partial charge in [0.1, 0.15) is 0 Å². The van der Waals surface area contributed by atoms with E-state index in [1.807, 2.05) is 0 Å². The van der Waals surface area contributed by atoms with E-state index in [4.69, 9.17) is 0 Å². The number of hydrogen-bond acceptors (Lipinski definition) is 4. The van der Waals surface area contributed by atoms with E-state index in [0.29, 0.717) is 18.9 Å². The summed E-state index contributed by atoms with van der Waals surface area (Å²) in [6, 6.07) is 0.817. The van der Waals surface area contributed by atoms with Crippen LogP contribution in [0.4, 0.5) is 0 Å². The zero-order chi connectivity index (χ0) is 12.7. The fourth-order valence-corrected chi connectivity index (χ4v) is 3.31. The quantitative estimate of drug-likeness (QED) is 0.644. The van der Waals surface area contributed by atoms with Crippen LogP contribution in [0.1, 0.15) is 25.7 Å². The molecule has 0 atom stereocenters. The lowest BCUT2D eigenvalue weighted by Gasteiger charge is -2.48. The zero-order valence-corrected chi connectivity index (χ0v) is 11.0. The van der Waals surface area contributed by atoms with Gasteiger partial charge in [0.2, 0.25) is 11.8 Å². The maximum absolute atomic E-state index is 11.6. The van der Waals surface area contributed by atoms with Crippen molar-refractivity contribution < 1.29 is 9.59 Å². The summed E-state index contributed by atoms with van der Waals surface area (Å²) in [7, 11) is 2.16. The van der Waals surface area contributed by atoms with Gasteiger partial charge in [0, 0.05) is 32.0 Å². The second-order valence-corrected chi connectivity index (χ2v) is 5.80. The lowest BCUT2D eigenvalue weighted by atomic mass is 9.97. The van der Waals surface area contributed by atoms with Crippen LogP contribution in [-0.4, -0.2) is 71.8 Å². The minimum Gasteiger partial charge on any atom is -0.306 e. The Bertz CT molecular complexity index is 341. The number of rotatable bonds is 2. The molecule has 100 valence electrons. The van der Waals surface area contributed by atoms with Crippen LogP contribution < -0.4 is 0 Å². The monoisotopic (exact) mass is 251 g/mol.